The number of hydrogen-bond donors (Lipinski definition) is 1. The number of aromatic nitrogens is 1. The van der Waals surface area contributed by atoms with Crippen LogP contribution in [0, 0.1) is 18.3 Å². The molecule has 0 bridgehead atoms. The van der Waals surface area contributed by atoms with Crippen molar-refractivity contribution < 1.29 is 9.15 Å². The van der Waals surface area contributed by atoms with E-state index in [9.17, 15) is 0 Å². The van der Waals surface area contributed by atoms with Crippen molar-refractivity contribution in [3.8, 4) is 11.8 Å². The smallest absolute Gasteiger partial charge is 0.232 e. The molecular formula is C16H20N4O2. The maximum absolute atomic E-state index is 9.04. The van der Waals surface area contributed by atoms with Gasteiger partial charge in [0.2, 0.25) is 11.6 Å². The number of nitrogens with zero attached hydrogens (tertiary/aromatic N) is 3. The van der Waals surface area contributed by atoms with Gasteiger partial charge in [-0.2, -0.15) is 5.26 Å². The normalized spacial score (nSPS) is 12.0. The number of likely N-dealkylation sites (N-methyl/N-ethyl adjacent to an activating group) is 1. The molecule has 2 aromatic rings. The third-order valence-electron chi connectivity index (χ3n) is 3.42. The zero-order valence-corrected chi connectivity index (χ0v) is 13.3. The van der Waals surface area contributed by atoms with E-state index < -0.39 is 0 Å². The number of aryl methyl sites for hydroxylation is 1. The number of hydrogen-bond acceptors (Lipinski definition) is 6. The summed E-state index contributed by atoms with van der Waals surface area (Å²) in [6.45, 7) is 2.32. The predicted molar refractivity (Wildman–Crippen MR) is 83.9 cm³/mol. The third-order valence-corrected chi connectivity index (χ3v) is 3.42. The predicted octanol–water partition coefficient (Wildman–Crippen LogP) is 2.58. The molecule has 1 aromatic heterocycles. The summed E-state index contributed by atoms with van der Waals surface area (Å²) < 4.78 is 10.6. The zero-order chi connectivity index (χ0) is 16.1. The van der Waals surface area contributed by atoms with Crippen molar-refractivity contribution in [3.05, 3.63) is 41.4 Å². The largest absolute Gasteiger partial charge is 0.497 e. The number of nitriles is 1. The molecule has 1 atom stereocenters. The van der Waals surface area contributed by atoms with Crippen molar-refractivity contribution in [2.45, 2.75) is 13.0 Å². The van der Waals surface area contributed by atoms with E-state index in [0.29, 0.717) is 18.3 Å². The summed E-state index contributed by atoms with van der Waals surface area (Å²) in [4.78, 5) is 6.13. The monoisotopic (exact) mass is 300 g/mol. The molecule has 2 rings (SSSR count). The molecule has 1 aromatic carbocycles. The molecular weight excluding hydrogens is 280 g/mol. The first-order valence-corrected chi connectivity index (χ1v) is 6.97. The third kappa shape index (κ3) is 3.57. The second kappa shape index (κ2) is 6.96. The fraction of sp³-hybridized carbons (Fsp3) is 0.375. The molecule has 0 spiro atoms. The van der Waals surface area contributed by atoms with Gasteiger partial charge in [-0.25, -0.2) is 4.98 Å². The maximum atomic E-state index is 9.04. The van der Waals surface area contributed by atoms with Crippen molar-refractivity contribution >= 4 is 5.88 Å². The lowest BCUT2D eigenvalue weighted by Gasteiger charge is -2.25. The van der Waals surface area contributed by atoms with Crippen LogP contribution in [-0.4, -0.2) is 37.6 Å². The average Bonchev–Trinajstić information content (AvgIpc) is 2.88. The SMILES string of the molecule is COc1ccc(C(CNc2oc(C)nc2C#N)N(C)C)cc1. The Balaban J connectivity index is 2.13. The minimum absolute atomic E-state index is 0.128. The Hall–Kier alpha value is -2.52. The minimum Gasteiger partial charge on any atom is -0.497 e. The van der Waals surface area contributed by atoms with E-state index in [-0.39, 0.29) is 11.7 Å². The van der Waals surface area contributed by atoms with Crippen molar-refractivity contribution in [2.75, 3.05) is 33.1 Å². The Bertz CT molecular complexity index is 656. The van der Waals surface area contributed by atoms with Crippen molar-refractivity contribution in [1.29, 1.82) is 5.26 Å². The molecule has 6 nitrogen and oxygen atoms in total. The van der Waals surface area contributed by atoms with E-state index >= 15 is 0 Å². The van der Waals surface area contributed by atoms with Crippen LogP contribution in [-0.2, 0) is 0 Å². The molecule has 116 valence electrons. The number of methoxy groups -OCH3 is 1. The van der Waals surface area contributed by atoms with Gasteiger partial charge in [0.1, 0.15) is 11.8 Å². The summed E-state index contributed by atoms with van der Waals surface area (Å²) in [7, 11) is 5.66. The van der Waals surface area contributed by atoms with Gasteiger partial charge in [-0.3, -0.25) is 0 Å². The van der Waals surface area contributed by atoms with Crippen LogP contribution in [0.4, 0.5) is 5.88 Å². The van der Waals surface area contributed by atoms with Crippen molar-refractivity contribution in [1.82, 2.24) is 9.88 Å². The Kier molecular flexibility index (Phi) is 5.02. The average molecular weight is 300 g/mol. The Labute approximate surface area is 130 Å². The van der Waals surface area contributed by atoms with Crippen LogP contribution in [0.2, 0.25) is 0 Å². The minimum atomic E-state index is 0.128. The first-order chi connectivity index (χ1) is 10.5. The molecule has 0 saturated heterocycles. The summed E-state index contributed by atoms with van der Waals surface area (Å²) in [6, 6.07) is 10.1. The number of oxazole rings is 1. The molecule has 22 heavy (non-hydrogen) atoms. The van der Waals surface area contributed by atoms with Gasteiger partial charge < -0.3 is 19.4 Å². The summed E-state index contributed by atoms with van der Waals surface area (Å²) >= 11 is 0. The Morgan fingerprint density at radius 3 is 2.59 bits per heavy atom. The molecule has 0 aliphatic carbocycles. The van der Waals surface area contributed by atoms with E-state index in [1.807, 2.05) is 44.4 Å². The van der Waals surface area contributed by atoms with Gasteiger partial charge in [-0.05, 0) is 31.8 Å². The van der Waals surface area contributed by atoms with Gasteiger partial charge in [0, 0.05) is 13.5 Å². The molecule has 6 heteroatoms. The lowest BCUT2D eigenvalue weighted by molar-refractivity contribution is 0.310. The number of ether oxygens (including phenoxy) is 1. The molecule has 0 aliphatic rings. The van der Waals surface area contributed by atoms with E-state index in [4.69, 9.17) is 14.4 Å². The molecule has 0 fully saturated rings. The Morgan fingerprint density at radius 2 is 2.05 bits per heavy atom. The lowest BCUT2D eigenvalue weighted by Crippen LogP contribution is -2.26. The van der Waals surface area contributed by atoms with Crippen LogP contribution in [0.3, 0.4) is 0 Å². The van der Waals surface area contributed by atoms with Crippen LogP contribution in [0.1, 0.15) is 23.2 Å². The van der Waals surface area contributed by atoms with Crippen molar-refractivity contribution in [3.63, 3.8) is 0 Å². The highest BCUT2D eigenvalue weighted by atomic mass is 16.5. The van der Waals surface area contributed by atoms with E-state index in [2.05, 4.69) is 15.2 Å². The van der Waals surface area contributed by atoms with Gasteiger partial charge in [0.15, 0.2) is 5.89 Å². The van der Waals surface area contributed by atoms with Crippen LogP contribution in [0.5, 0.6) is 5.75 Å². The number of benzene rings is 1. The Morgan fingerprint density at radius 1 is 1.36 bits per heavy atom. The zero-order valence-electron chi connectivity index (χ0n) is 13.3. The summed E-state index contributed by atoms with van der Waals surface area (Å²) in [6.07, 6.45) is 0. The van der Waals surface area contributed by atoms with Gasteiger partial charge >= 0.3 is 0 Å². The molecule has 0 aliphatic heterocycles. The molecule has 1 unspecified atom stereocenters. The van der Waals surface area contributed by atoms with Crippen LogP contribution in [0.25, 0.3) is 0 Å². The first kappa shape index (κ1) is 15.9. The van der Waals surface area contributed by atoms with E-state index in [1.165, 1.54) is 0 Å². The van der Waals surface area contributed by atoms with Gasteiger partial charge in [0.25, 0.3) is 0 Å². The fourth-order valence-corrected chi connectivity index (χ4v) is 2.24. The van der Waals surface area contributed by atoms with Crippen LogP contribution >= 0.6 is 0 Å². The second-order valence-corrected chi connectivity index (χ2v) is 5.16. The highest BCUT2D eigenvalue weighted by Crippen LogP contribution is 2.23. The highest BCUT2D eigenvalue weighted by Gasteiger charge is 2.17. The van der Waals surface area contributed by atoms with Gasteiger partial charge in [-0.15, -0.1) is 0 Å². The molecule has 1 N–H and O–H groups in total. The van der Waals surface area contributed by atoms with Gasteiger partial charge in [0.05, 0.1) is 13.2 Å². The topological polar surface area (TPSA) is 74.3 Å². The molecule has 0 saturated carbocycles. The first-order valence-electron chi connectivity index (χ1n) is 6.97. The van der Waals surface area contributed by atoms with E-state index in [0.717, 1.165) is 11.3 Å². The second-order valence-electron chi connectivity index (χ2n) is 5.16. The summed E-state index contributed by atoms with van der Waals surface area (Å²) in [5.74, 6) is 1.72. The quantitative estimate of drug-likeness (QED) is 0.884. The summed E-state index contributed by atoms with van der Waals surface area (Å²) in [5, 5.41) is 12.2. The molecule has 1 heterocycles. The molecule has 0 amide bonds. The molecule has 0 radical (unpaired) electrons. The van der Waals surface area contributed by atoms with Gasteiger partial charge in [-0.1, -0.05) is 12.1 Å². The number of anilines is 1. The maximum Gasteiger partial charge on any atom is 0.232 e. The van der Waals surface area contributed by atoms with E-state index in [1.54, 1.807) is 14.0 Å². The number of rotatable bonds is 6. The fourth-order valence-electron chi connectivity index (χ4n) is 2.24. The number of nitrogens with one attached hydrogen (secondary N) is 1. The van der Waals surface area contributed by atoms with Crippen LogP contribution < -0.4 is 10.1 Å². The highest BCUT2D eigenvalue weighted by molar-refractivity contribution is 5.45. The summed E-state index contributed by atoms with van der Waals surface area (Å²) in [5.41, 5.74) is 1.43. The lowest BCUT2D eigenvalue weighted by atomic mass is 10.1. The van der Waals surface area contributed by atoms with Crippen LogP contribution in [0.15, 0.2) is 28.7 Å². The standard InChI is InChI=1S/C16H20N4O2/c1-11-19-14(9-17)16(22-11)18-10-15(20(2)3)12-5-7-13(21-4)8-6-12/h5-8,15,18H,10H2,1-4H3. The van der Waals surface area contributed by atoms with Crippen molar-refractivity contribution in [2.24, 2.45) is 0 Å².